The van der Waals surface area contributed by atoms with Gasteiger partial charge in [-0.3, -0.25) is 14.3 Å². The molecule has 0 bridgehead atoms. The minimum absolute atomic E-state index is 0.161. The lowest BCUT2D eigenvalue weighted by Gasteiger charge is -2.23. The molecular formula is C20H25N5O. The van der Waals surface area contributed by atoms with Crippen LogP contribution in [0.1, 0.15) is 12.0 Å². The van der Waals surface area contributed by atoms with Crippen molar-refractivity contribution < 1.29 is 4.74 Å². The Hall–Kier alpha value is -2.44. The van der Waals surface area contributed by atoms with Crippen molar-refractivity contribution in [2.45, 2.75) is 25.6 Å². The van der Waals surface area contributed by atoms with Gasteiger partial charge < -0.3 is 4.74 Å². The molecule has 1 aliphatic rings. The van der Waals surface area contributed by atoms with Gasteiger partial charge in [0.05, 0.1) is 18.3 Å². The monoisotopic (exact) mass is 351 g/mol. The molecule has 2 aromatic heterocycles. The quantitative estimate of drug-likeness (QED) is 0.709. The number of aryl methyl sites for hydroxylation is 1. The molecule has 1 saturated heterocycles. The summed E-state index contributed by atoms with van der Waals surface area (Å²) in [6.45, 7) is 4.43. The number of ether oxygens (including phenoxy) is 1. The Morgan fingerprint density at radius 2 is 2.08 bits per heavy atom. The van der Waals surface area contributed by atoms with Gasteiger partial charge in [0.25, 0.3) is 0 Å². The van der Waals surface area contributed by atoms with E-state index in [2.05, 4.69) is 40.5 Å². The van der Waals surface area contributed by atoms with Gasteiger partial charge in [-0.05, 0) is 12.5 Å². The van der Waals surface area contributed by atoms with Crippen molar-refractivity contribution >= 4 is 0 Å². The van der Waals surface area contributed by atoms with Gasteiger partial charge in [0.1, 0.15) is 0 Å². The number of aromatic nitrogens is 4. The summed E-state index contributed by atoms with van der Waals surface area (Å²) in [7, 11) is 1.99. The van der Waals surface area contributed by atoms with Crippen LogP contribution in [0.3, 0.4) is 0 Å². The highest BCUT2D eigenvalue weighted by Gasteiger charge is 2.21. The fourth-order valence-corrected chi connectivity index (χ4v) is 3.57. The van der Waals surface area contributed by atoms with Crippen LogP contribution in [0.5, 0.6) is 0 Å². The zero-order chi connectivity index (χ0) is 17.8. The second-order valence-corrected chi connectivity index (χ2v) is 6.85. The maximum atomic E-state index is 6.04. The van der Waals surface area contributed by atoms with Crippen molar-refractivity contribution in [1.82, 2.24) is 24.5 Å². The van der Waals surface area contributed by atoms with E-state index >= 15 is 0 Å². The predicted octanol–water partition coefficient (Wildman–Crippen LogP) is 2.57. The number of benzene rings is 1. The van der Waals surface area contributed by atoms with Crippen LogP contribution in [-0.4, -0.2) is 50.3 Å². The normalized spacial score (nSPS) is 18.7. The van der Waals surface area contributed by atoms with Crippen LogP contribution in [0.2, 0.25) is 0 Å². The van der Waals surface area contributed by atoms with E-state index in [0.717, 1.165) is 44.9 Å². The molecule has 1 fully saturated rings. The molecule has 1 atom stereocenters. The molecule has 26 heavy (non-hydrogen) atoms. The highest BCUT2D eigenvalue weighted by molar-refractivity contribution is 5.62. The van der Waals surface area contributed by atoms with Crippen LogP contribution in [0.25, 0.3) is 11.3 Å². The molecule has 4 rings (SSSR count). The molecule has 0 N–H and O–H groups in total. The molecule has 0 spiro atoms. The summed E-state index contributed by atoms with van der Waals surface area (Å²) in [6.07, 6.45) is 7.16. The average molecular weight is 351 g/mol. The second kappa shape index (κ2) is 7.85. The molecular weight excluding hydrogens is 326 g/mol. The van der Waals surface area contributed by atoms with Crippen LogP contribution < -0.4 is 0 Å². The Morgan fingerprint density at radius 3 is 2.88 bits per heavy atom. The summed E-state index contributed by atoms with van der Waals surface area (Å²) in [5.41, 5.74) is 3.50. The van der Waals surface area contributed by atoms with Crippen molar-refractivity contribution in [3.05, 3.63) is 60.6 Å². The summed E-state index contributed by atoms with van der Waals surface area (Å²) in [5, 5.41) is 9.01. The fraction of sp³-hybridized carbons (Fsp3) is 0.400. The van der Waals surface area contributed by atoms with E-state index in [1.54, 1.807) is 0 Å². The van der Waals surface area contributed by atoms with Crippen molar-refractivity contribution in [2.75, 3.05) is 19.7 Å². The van der Waals surface area contributed by atoms with E-state index in [0.29, 0.717) is 0 Å². The van der Waals surface area contributed by atoms with E-state index in [4.69, 9.17) is 9.84 Å². The third-order valence-corrected chi connectivity index (χ3v) is 4.73. The zero-order valence-electron chi connectivity index (χ0n) is 15.2. The molecule has 6 heteroatoms. The average Bonchev–Trinajstić information content (AvgIpc) is 3.22. The first kappa shape index (κ1) is 17.0. The molecule has 0 radical (unpaired) electrons. The number of rotatable bonds is 5. The lowest BCUT2D eigenvalue weighted by molar-refractivity contribution is 0.0391. The largest absolute Gasteiger partial charge is 0.375 e. The summed E-state index contributed by atoms with van der Waals surface area (Å²) < 4.78 is 9.90. The summed E-state index contributed by atoms with van der Waals surface area (Å²) in [5.74, 6) is 0. The molecule has 0 saturated carbocycles. The molecule has 1 aromatic carbocycles. The van der Waals surface area contributed by atoms with Gasteiger partial charge in [-0.25, -0.2) is 0 Å². The summed E-state index contributed by atoms with van der Waals surface area (Å²) >= 11 is 0. The Labute approximate surface area is 154 Å². The van der Waals surface area contributed by atoms with Crippen molar-refractivity contribution in [3.8, 4) is 11.3 Å². The van der Waals surface area contributed by atoms with Gasteiger partial charge >= 0.3 is 0 Å². The molecule has 1 unspecified atom stereocenters. The molecule has 3 aromatic rings. The van der Waals surface area contributed by atoms with Crippen molar-refractivity contribution in [1.29, 1.82) is 0 Å². The zero-order valence-corrected chi connectivity index (χ0v) is 15.2. The van der Waals surface area contributed by atoms with Gasteiger partial charge in [-0.2, -0.15) is 10.2 Å². The van der Waals surface area contributed by atoms with Gasteiger partial charge in [-0.15, -0.1) is 0 Å². The van der Waals surface area contributed by atoms with Gasteiger partial charge in [0.15, 0.2) is 0 Å². The maximum absolute atomic E-state index is 6.04. The Bertz CT molecular complexity index is 812. The summed E-state index contributed by atoms with van der Waals surface area (Å²) in [4.78, 5) is 2.48. The molecule has 136 valence electrons. The van der Waals surface area contributed by atoms with Crippen LogP contribution in [0.4, 0.5) is 0 Å². The minimum atomic E-state index is 0.161. The van der Waals surface area contributed by atoms with Crippen LogP contribution in [-0.2, 0) is 24.9 Å². The van der Waals surface area contributed by atoms with Gasteiger partial charge in [0, 0.05) is 63.0 Å². The topological polar surface area (TPSA) is 48.1 Å². The lowest BCUT2D eigenvalue weighted by Crippen LogP contribution is -2.34. The fourth-order valence-electron chi connectivity index (χ4n) is 3.57. The predicted molar refractivity (Wildman–Crippen MR) is 101 cm³/mol. The summed E-state index contributed by atoms with van der Waals surface area (Å²) in [6, 6.07) is 12.4. The lowest BCUT2D eigenvalue weighted by atomic mass is 10.1. The molecule has 3 heterocycles. The Morgan fingerprint density at radius 1 is 1.19 bits per heavy atom. The van der Waals surface area contributed by atoms with E-state index < -0.39 is 0 Å². The third kappa shape index (κ3) is 4.03. The molecule has 6 nitrogen and oxygen atoms in total. The Kier molecular flexibility index (Phi) is 5.13. The van der Waals surface area contributed by atoms with Crippen LogP contribution >= 0.6 is 0 Å². The van der Waals surface area contributed by atoms with E-state index in [1.165, 1.54) is 11.1 Å². The first-order valence-corrected chi connectivity index (χ1v) is 9.17. The molecule has 1 aliphatic heterocycles. The number of hydrogen-bond donors (Lipinski definition) is 0. The number of nitrogens with zero attached hydrogens (tertiary/aromatic N) is 5. The highest BCUT2D eigenvalue weighted by atomic mass is 16.5. The Balaban J connectivity index is 1.49. The van der Waals surface area contributed by atoms with Gasteiger partial charge in [0.2, 0.25) is 0 Å². The molecule has 0 aliphatic carbocycles. The van der Waals surface area contributed by atoms with E-state index in [-0.39, 0.29) is 6.10 Å². The first-order chi connectivity index (χ1) is 12.8. The van der Waals surface area contributed by atoms with E-state index in [1.807, 2.05) is 40.9 Å². The van der Waals surface area contributed by atoms with Crippen LogP contribution in [0.15, 0.2) is 55.0 Å². The highest BCUT2D eigenvalue weighted by Crippen LogP contribution is 2.23. The van der Waals surface area contributed by atoms with Crippen molar-refractivity contribution in [2.24, 2.45) is 7.05 Å². The van der Waals surface area contributed by atoms with Crippen molar-refractivity contribution in [3.63, 3.8) is 0 Å². The second-order valence-electron chi connectivity index (χ2n) is 6.85. The van der Waals surface area contributed by atoms with E-state index in [9.17, 15) is 0 Å². The minimum Gasteiger partial charge on any atom is -0.375 e. The number of hydrogen-bond acceptors (Lipinski definition) is 4. The molecule has 0 amide bonds. The standard InChI is InChI=1S/C20H25N5O/c1-23-13-18(20(22-23)17-7-3-2-4-8-17)14-24-10-6-12-26-19(15-24)16-25-11-5-9-21-25/h2-5,7-9,11,13,19H,6,10,12,14-16H2,1H3. The third-order valence-electron chi connectivity index (χ3n) is 4.73. The SMILES string of the molecule is Cn1cc(CN2CCCOC(Cn3cccn3)C2)c(-c2ccccc2)n1. The maximum Gasteiger partial charge on any atom is 0.0968 e. The van der Waals surface area contributed by atoms with Gasteiger partial charge in [-0.1, -0.05) is 30.3 Å². The first-order valence-electron chi connectivity index (χ1n) is 9.17. The smallest absolute Gasteiger partial charge is 0.0968 e. The van der Waals surface area contributed by atoms with Crippen LogP contribution in [0, 0.1) is 0 Å².